The van der Waals surface area contributed by atoms with Crippen LogP contribution in [0.3, 0.4) is 0 Å². The maximum Gasteiger partial charge on any atom is 0.265 e. The summed E-state index contributed by atoms with van der Waals surface area (Å²) in [5.74, 6) is 0.138. The number of amides is 1. The summed E-state index contributed by atoms with van der Waals surface area (Å²) in [5, 5.41) is 3.24. The number of ether oxygens (including phenoxy) is 1. The quantitative estimate of drug-likeness (QED) is 0.832. The van der Waals surface area contributed by atoms with Crippen LogP contribution >= 0.6 is 11.6 Å². The molecule has 0 aromatic heterocycles. The number of sulfonamides is 1. The zero-order chi connectivity index (χ0) is 18.6. The zero-order valence-electron chi connectivity index (χ0n) is 14.1. The van der Waals surface area contributed by atoms with Crippen molar-refractivity contribution in [1.82, 2.24) is 0 Å². The third-order valence-corrected chi connectivity index (χ3v) is 4.91. The molecular weight excluding hydrogens is 364 g/mol. The summed E-state index contributed by atoms with van der Waals surface area (Å²) in [5.41, 5.74) is 1.09. The van der Waals surface area contributed by atoms with Gasteiger partial charge in [0.05, 0.1) is 11.9 Å². The molecule has 25 heavy (non-hydrogen) atoms. The van der Waals surface area contributed by atoms with Crippen LogP contribution in [0.1, 0.15) is 6.92 Å². The molecule has 0 radical (unpaired) electrons. The smallest absolute Gasteiger partial charge is 0.265 e. The maximum atomic E-state index is 12.2. The number of anilines is 2. The largest absolute Gasteiger partial charge is 0.481 e. The molecule has 2 aromatic carbocycles. The lowest BCUT2D eigenvalue weighted by molar-refractivity contribution is -0.122. The van der Waals surface area contributed by atoms with Gasteiger partial charge < -0.3 is 10.1 Å². The minimum Gasteiger partial charge on any atom is -0.481 e. The summed E-state index contributed by atoms with van der Waals surface area (Å²) in [6.07, 6.45) is 0.386. The molecule has 0 bridgehead atoms. The highest BCUT2D eigenvalue weighted by Gasteiger charge is 2.16. The number of nitrogens with one attached hydrogen (secondary N) is 1. The van der Waals surface area contributed by atoms with Gasteiger partial charge in [0.15, 0.2) is 6.10 Å². The molecule has 1 N–H and O–H groups in total. The van der Waals surface area contributed by atoms with Gasteiger partial charge in [0.2, 0.25) is 10.0 Å². The van der Waals surface area contributed by atoms with E-state index in [0.717, 1.165) is 10.6 Å². The van der Waals surface area contributed by atoms with Crippen LogP contribution in [-0.4, -0.2) is 33.7 Å². The van der Waals surface area contributed by atoms with E-state index in [1.165, 1.54) is 7.05 Å². The number of rotatable bonds is 6. The van der Waals surface area contributed by atoms with E-state index in [2.05, 4.69) is 5.32 Å². The van der Waals surface area contributed by atoms with E-state index in [-0.39, 0.29) is 5.91 Å². The number of hydrogen-bond donors (Lipinski definition) is 1. The first kappa shape index (κ1) is 19.1. The van der Waals surface area contributed by atoms with Gasteiger partial charge in [-0.3, -0.25) is 9.10 Å². The molecule has 2 rings (SSSR count). The molecule has 1 unspecified atom stereocenters. The molecule has 0 aliphatic carbocycles. The van der Waals surface area contributed by atoms with Crippen molar-refractivity contribution in [2.75, 3.05) is 22.9 Å². The van der Waals surface area contributed by atoms with Crippen LogP contribution < -0.4 is 14.4 Å². The van der Waals surface area contributed by atoms with E-state index in [1.807, 2.05) is 0 Å². The first-order valence-corrected chi connectivity index (χ1v) is 9.66. The predicted octanol–water partition coefficient (Wildman–Crippen LogP) is 3.14. The lowest BCUT2D eigenvalue weighted by Gasteiger charge is -2.18. The second-order valence-electron chi connectivity index (χ2n) is 5.48. The van der Waals surface area contributed by atoms with Gasteiger partial charge in [0.25, 0.3) is 5.91 Å². The Morgan fingerprint density at radius 1 is 1.20 bits per heavy atom. The number of hydrogen-bond acceptors (Lipinski definition) is 4. The molecule has 134 valence electrons. The van der Waals surface area contributed by atoms with Crippen molar-refractivity contribution in [3.05, 3.63) is 53.6 Å². The summed E-state index contributed by atoms with van der Waals surface area (Å²) in [4.78, 5) is 12.2. The van der Waals surface area contributed by atoms with Gasteiger partial charge in [-0.05, 0) is 49.4 Å². The molecule has 2 aromatic rings. The molecule has 6 nitrogen and oxygen atoms in total. The van der Waals surface area contributed by atoms with Crippen LogP contribution in [0.4, 0.5) is 11.4 Å². The fourth-order valence-electron chi connectivity index (χ4n) is 1.99. The van der Waals surface area contributed by atoms with Crippen LogP contribution in [0.15, 0.2) is 48.5 Å². The van der Waals surface area contributed by atoms with Crippen LogP contribution in [0, 0.1) is 0 Å². The second-order valence-corrected chi connectivity index (χ2v) is 7.93. The van der Waals surface area contributed by atoms with E-state index in [0.29, 0.717) is 22.1 Å². The Hall–Kier alpha value is -2.25. The minimum absolute atomic E-state index is 0.320. The first-order chi connectivity index (χ1) is 11.7. The molecule has 0 aliphatic rings. The van der Waals surface area contributed by atoms with Gasteiger partial charge in [0.1, 0.15) is 5.75 Å². The second kappa shape index (κ2) is 7.76. The van der Waals surface area contributed by atoms with E-state index in [9.17, 15) is 13.2 Å². The van der Waals surface area contributed by atoms with Crippen LogP contribution in [0.5, 0.6) is 5.75 Å². The fourth-order valence-corrected chi connectivity index (χ4v) is 2.69. The third kappa shape index (κ3) is 5.37. The maximum absolute atomic E-state index is 12.2. The molecule has 1 atom stereocenters. The summed E-state index contributed by atoms with van der Waals surface area (Å²) >= 11 is 5.88. The Morgan fingerprint density at radius 2 is 1.84 bits per heavy atom. The number of nitrogens with zero attached hydrogens (tertiary/aromatic N) is 1. The van der Waals surface area contributed by atoms with Crippen molar-refractivity contribution >= 4 is 38.9 Å². The lowest BCUT2D eigenvalue weighted by Crippen LogP contribution is -2.30. The molecule has 0 fully saturated rings. The Labute approximate surface area is 152 Å². The van der Waals surface area contributed by atoms with E-state index in [1.54, 1.807) is 55.5 Å². The lowest BCUT2D eigenvalue weighted by atomic mass is 10.3. The molecule has 0 spiro atoms. The van der Waals surface area contributed by atoms with Crippen LogP contribution in [0.2, 0.25) is 5.02 Å². The van der Waals surface area contributed by atoms with Gasteiger partial charge in [-0.15, -0.1) is 0 Å². The topological polar surface area (TPSA) is 75.7 Å². The monoisotopic (exact) mass is 382 g/mol. The number of carbonyl (C=O) groups excluding carboxylic acids is 1. The Bertz CT molecular complexity index is 853. The summed E-state index contributed by atoms with van der Waals surface area (Å²) in [6, 6.07) is 13.3. The van der Waals surface area contributed by atoms with Gasteiger partial charge in [-0.25, -0.2) is 8.42 Å². The highest BCUT2D eigenvalue weighted by atomic mass is 35.5. The Kier molecular flexibility index (Phi) is 5.92. The van der Waals surface area contributed by atoms with E-state index < -0.39 is 16.1 Å². The SMILES string of the molecule is CC(Oc1ccc(N(C)S(C)(=O)=O)cc1)C(=O)Nc1cccc(Cl)c1. The standard InChI is InChI=1S/C17H19ClN2O4S/c1-12(17(21)19-14-6-4-5-13(18)11-14)24-16-9-7-15(8-10-16)20(2)25(3,22)23/h4-12H,1-3H3,(H,19,21). The van der Waals surface area contributed by atoms with Gasteiger partial charge in [-0.1, -0.05) is 17.7 Å². The van der Waals surface area contributed by atoms with Crippen molar-refractivity contribution in [3.8, 4) is 5.75 Å². The van der Waals surface area contributed by atoms with Crippen molar-refractivity contribution in [3.63, 3.8) is 0 Å². The normalized spacial score (nSPS) is 12.3. The van der Waals surface area contributed by atoms with E-state index in [4.69, 9.17) is 16.3 Å². The third-order valence-electron chi connectivity index (χ3n) is 3.47. The zero-order valence-corrected chi connectivity index (χ0v) is 15.6. The molecule has 0 heterocycles. The summed E-state index contributed by atoms with van der Waals surface area (Å²) in [6.45, 7) is 1.62. The fraction of sp³-hybridized carbons (Fsp3) is 0.235. The molecule has 1 amide bonds. The Morgan fingerprint density at radius 3 is 2.40 bits per heavy atom. The summed E-state index contributed by atoms with van der Waals surface area (Å²) < 4.78 is 29.8. The highest BCUT2D eigenvalue weighted by molar-refractivity contribution is 7.92. The van der Waals surface area contributed by atoms with Crippen molar-refractivity contribution in [2.45, 2.75) is 13.0 Å². The molecule has 8 heteroatoms. The minimum atomic E-state index is -3.33. The van der Waals surface area contributed by atoms with Gasteiger partial charge >= 0.3 is 0 Å². The number of halogens is 1. The molecule has 0 saturated heterocycles. The molecule has 0 saturated carbocycles. The van der Waals surface area contributed by atoms with E-state index >= 15 is 0 Å². The van der Waals surface area contributed by atoms with Crippen LogP contribution in [-0.2, 0) is 14.8 Å². The van der Waals surface area contributed by atoms with Crippen molar-refractivity contribution < 1.29 is 17.9 Å². The highest BCUT2D eigenvalue weighted by Crippen LogP contribution is 2.21. The predicted molar refractivity (Wildman–Crippen MR) is 99.9 cm³/mol. The number of carbonyl (C=O) groups is 1. The van der Waals surface area contributed by atoms with Gasteiger partial charge in [-0.2, -0.15) is 0 Å². The summed E-state index contributed by atoms with van der Waals surface area (Å²) in [7, 11) is -1.86. The molecule has 0 aliphatic heterocycles. The molecular formula is C17H19ClN2O4S. The van der Waals surface area contributed by atoms with Crippen molar-refractivity contribution in [2.24, 2.45) is 0 Å². The van der Waals surface area contributed by atoms with Crippen molar-refractivity contribution in [1.29, 1.82) is 0 Å². The average molecular weight is 383 g/mol. The first-order valence-electron chi connectivity index (χ1n) is 7.44. The van der Waals surface area contributed by atoms with Crippen LogP contribution in [0.25, 0.3) is 0 Å². The Balaban J connectivity index is 2.00. The average Bonchev–Trinajstić information content (AvgIpc) is 2.54. The van der Waals surface area contributed by atoms with Gasteiger partial charge in [0, 0.05) is 17.8 Å². The number of benzene rings is 2.